The number of fused-ring (bicyclic) bond motifs is 2. The molecule has 2 aromatic rings. The molecular formula is C15H13N3O. The summed E-state index contributed by atoms with van der Waals surface area (Å²) in [7, 11) is 1.85. The van der Waals surface area contributed by atoms with Crippen molar-refractivity contribution < 1.29 is 4.79 Å². The van der Waals surface area contributed by atoms with E-state index in [4.69, 9.17) is 0 Å². The Morgan fingerprint density at radius 1 is 1.32 bits per heavy atom. The molecule has 1 fully saturated rings. The van der Waals surface area contributed by atoms with Gasteiger partial charge in [0.2, 0.25) is 5.91 Å². The monoisotopic (exact) mass is 251 g/mol. The van der Waals surface area contributed by atoms with Crippen LogP contribution in [0.2, 0.25) is 0 Å². The molecule has 1 amide bonds. The van der Waals surface area contributed by atoms with Crippen LogP contribution in [-0.4, -0.2) is 22.9 Å². The van der Waals surface area contributed by atoms with Gasteiger partial charge >= 0.3 is 0 Å². The smallest absolute Gasteiger partial charge is 0.237 e. The summed E-state index contributed by atoms with van der Waals surface area (Å²) >= 11 is 0. The van der Waals surface area contributed by atoms with Gasteiger partial charge in [0.1, 0.15) is 0 Å². The Morgan fingerprint density at radius 2 is 2.16 bits per heavy atom. The fourth-order valence-corrected chi connectivity index (χ4v) is 2.92. The Balaban J connectivity index is 1.87. The maximum atomic E-state index is 12.3. The van der Waals surface area contributed by atoms with Crippen molar-refractivity contribution in [2.24, 2.45) is 0 Å². The van der Waals surface area contributed by atoms with Crippen LogP contribution < -0.4 is 4.90 Å². The van der Waals surface area contributed by atoms with E-state index in [1.54, 1.807) is 17.3 Å². The lowest BCUT2D eigenvalue weighted by Crippen LogP contribution is -2.27. The minimum atomic E-state index is -0.245. The first kappa shape index (κ1) is 10.7. The Labute approximate surface area is 111 Å². The summed E-state index contributed by atoms with van der Waals surface area (Å²) in [5.41, 5.74) is 3.68. The van der Waals surface area contributed by atoms with Gasteiger partial charge in [0.25, 0.3) is 0 Å². The van der Waals surface area contributed by atoms with Crippen LogP contribution in [0, 0.1) is 0 Å². The molecule has 1 aliphatic heterocycles. The average Bonchev–Trinajstić information content (AvgIpc) is 3.24. The second-order valence-electron chi connectivity index (χ2n) is 5.27. The van der Waals surface area contributed by atoms with E-state index in [0.29, 0.717) is 0 Å². The Morgan fingerprint density at radius 3 is 2.84 bits per heavy atom. The third-order valence-corrected chi connectivity index (χ3v) is 4.18. The van der Waals surface area contributed by atoms with Crippen molar-refractivity contribution in [2.75, 3.05) is 11.9 Å². The van der Waals surface area contributed by atoms with Crippen LogP contribution in [0.15, 0.2) is 36.8 Å². The predicted molar refractivity (Wildman–Crippen MR) is 71.8 cm³/mol. The summed E-state index contributed by atoms with van der Waals surface area (Å²) in [4.78, 5) is 22.7. The van der Waals surface area contributed by atoms with Crippen molar-refractivity contribution >= 4 is 11.6 Å². The largest absolute Gasteiger partial charge is 0.314 e. The topological polar surface area (TPSA) is 46.1 Å². The lowest BCUT2D eigenvalue weighted by molar-refractivity contribution is -0.119. The molecule has 94 valence electrons. The lowest BCUT2D eigenvalue weighted by Gasteiger charge is -2.10. The summed E-state index contributed by atoms with van der Waals surface area (Å²) in [6.07, 6.45) is 7.31. The highest BCUT2D eigenvalue weighted by atomic mass is 16.2. The number of anilines is 1. The standard InChI is InChI=1S/C15H13N3O/c1-18-13-7-12(10-3-2-6-16-8-10)17-9-11(13)15(4-5-15)14(18)19/h2-3,6-9H,4-5H2,1H3. The van der Waals surface area contributed by atoms with Crippen molar-refractivity contribution in [1.29, 1.82) is 0 Å². The molecule has 0 atom stereocenters. The van der Waals surface area contributed by atoms with Gasteiger partial charge in [-0.05, 0) is 31.0 Å². The van der Waals surface area contributed by atoms with Gasteiger partial charge in [-0.2, -0.15) is 0 Å². The van der Waals surface area contributed by atoms with Crippen molar-refractivity contribution in [3.05, 3.63) is 42.4 Å². The maximum absolute atomic E-state index is 12.3. The van der Waals surface area contributed by atoms with Gasteiger partial charge in [-0.1, -0.05) is 0 Å². The zero-order valence-corrected chi connectivity index (χ0v) is 10.6. The number of aromatic nitrogens is 2. The Hall–Kier alpha value is -2.23. The van der Waals surface area contributed by atoms with Gasteiger partial charge in [0.05, 0.1) is 16.8 Å². The molecule has 4 heteroatoms. The van der Waals surface area contributed by atoms with Crippen LogP contribution in [0.4, 0.5) is 5.69 Å². The number of rotatable bonds is 1. The van der Waals surface area contributed by atoms with Crippen LogP contribution in [0.3, 0.4) is 0 Å². The van der Waals surface area contributed by atoms with Gasteiger partial charge in [0, 0.05) is 36.8 Å². The average molecular weight is 251 g/mol. The van der Waals surface area contributed by atoms with Crippen molar-refractivity contribution in [2.45, 2.75) is 18.3 Å². The number of likely N-dealkylation sites (N-methyl/N-ethyl adjacent to an activating group) is 1. The minimum Gasteiger partial charge on any atom is -0.314 e. The highest BCUT2D eigenvalue weighted by molar-refractivity contribution is 6.10. The molecule has 0 radical (unpaired) electrons. The summed E-state index contributed by atoms with van der Waals surface area (Å²) in [5.74, 6) is 0.215. The number of nitrogens with zero attached hydrogens (tertiary/aromatic N) is 3. The Bertz CT molecular complexity index is 677. The van der Waals surface area contributed by atoms with Gasteiger partial charge in [-0.15, -0.1) is 0 Å². The lowest BCUT2D eigenvalue weighted by atomic mass is 9.99. The molecule has 0 unspecified atom stereocenters. The van der Waals surface area contributed by atoms with Crippen molar-refractivity contribution in [3.8, 4) is 11.3 Å². The molecule has 0 saturated heterocycles. The van der Waals surface area contributed by atoms with E-state index in [9.17, 15) is 4.79 Å². The fraction of sp³-hybridized carbons (Fsp3) is 0.267. The highest BCUT2D eigenvalue weighted by Gasteiger charge is 2.58. The number of pyridine rings is 2. The van der Waals surface area contributed by atoms with E-state index in [0.717, 1.165) is 35.3 Å². The van der Waals surface area contributed by atoms with Crippen LogP contribution in [0.5, 0.6) is 0 Å². The molecule has 0 aromatic carbocycles. The first-order valence-electron chi connectivity index (χ1n) is 6.41. The van der Waals surface area contributed by atoms with Crippen LogP contribution in [0.25, 0.3) is 11.3 Å². The molecule has 3 heterocycles. The normalized spacial score (nSPS) is 18.8. The van der Waals surface area contributed by atoms with Crippen LogP contribution in [-0.2, 0) is 10.2 Å². The second kappa shape index (κ2) is 3.41. The van der Waals surface area contributed by atoms with Crippen molar-refractivity contribution in [1.82, 2.24) is 9.97 Å². The molecular weight excluding hydrogens is 238 g/mol. The van der Waals surface area contributed by atoms with Gasteiger partial charge < -0.3 is 4.90 Å². The zero-order chi connectivity index (χ0) is 13.0. The van der Waals surface area contributed by atoms with Gasteiger partial charge in [-0.25, -0.2) is 0 Å². The minimum absolute atomic E-state index is 0.215. The molecule has 2 aromatic heterocycles. The molecule has 4 rings (SSSR count). The summed E-state index contributed by atoms with van der Waals surface area (Å²) in [6, 6.07) is 5.87. The van der Waals surface area contributed by atoms with Gasteiger partial charge in [-0.3, -0.25) is 14.8 Å². The fourth-order valence-electron chi connectivity index (χ4n) is 2.92. The third-order valence-electron chi connectivity index (χ3n) is 4.18. The molecule has 0 N–H and O–H groups in total. The van der Waals surface area contributed by atoms with Crippen LogP contribution >= 0.6 is 0 Å². The molecule has 1 saturated carbocycles. The summed E-state index contributed by atoms with van der Waals surface area (Å²) < 4.78 is 0. The quantitative estimate of drug-likeness (QED) is 0.780. The molecule has 4 nitrogen and oxygen atoms in total. The van der Waals surface area contributed by atoms with Crippen LogP contribution in [0.1, 0.15) is 18.4 Å². The second-order valence-corrected chi connectivity index (χ2v) is 5.27. The number of carbonyl (C=O) groups is 1. The predicted octanol–water partition coefficient (Wildman–Crippen LogP) is 2.15. The first-order valence-corrected chi connectivity index (χ1v) is 6.41. The van der Waals surface area contributed by atoms with E-state index < -0.39 is 0 Å². The maximum Gasteiger partial charge on any atom is 0.237 e. The van der Waals surface area contributed by atoms with Crippen molar-refractivity contribution in [3.63, 3.8) is 0 Å². The van der Waals surface area contributed by atoms with E-state index >= 15 is 0 Å². The number of amides is 1. The molecule has 19 heavy (non-hydrogen) atoms. The number of hydrogen-bond donors (Lipinski definition) is 0. The number of carbonyl (C=O) groups excluding carboxylic acids is 1. The summed E-state index contributed by atoms with van der Waals surface area (Å²) in [6.45, 7) is 0. The Kier molecular flexibility index (Phi) is 1.91. The van der Waals surface area contributed by atoms with E-state index in [1.807, 2.05) is 31.4 Å². The van der Waals surface area contributed by atoms with E-state index in [-0.39, 0.29) is 11.3 Å². The third kappa shape index (κ3) is 1.31. The SMILES string of the molecule is CN1C(=O)C2(CC2)c2cnc(-c3cccnc3)cc21. The zero-order valence-electron chi connectivity index (χ0n) is 10.6. The van der Waals surface area contributed by atoms with Gasteiger partial charge in [0.15, 0.2) is 0 Å². The molecule has 1 spiro atoms. The summed E-state index contributed by atoms with van der Waals surface area (Å²) in [5, 5.41) is 0. The highest BCUT2D eigenvalue weighted by Crippen LogP contribution is 2.56. The molecule has 2 aliphatic rings. The van der Waals surface area contributed by atoms with E-state index in [1.165, 1.54) is 0 Å². The molecule has 1 aliphatic carbocycles. The first-order chi connectivity index (χ1) is 9.22. The molecule has 0 bridgehead atoms. The number of hydrogen-bond acceptors (Lipinski definition) is 3. The van der Waals surface area contributed by atoms with E-state index in [2.05, 4.69) is 9.97 Å².